The van der Waals surface area contributed by atoms with Crippen LogP contribution in [0.25, 0.3) is 0 Å². The van der Waals surface area contributed by atoms with Crippen molar-refractivity contribution in [1.29, 1.82) is 0 Å². The predicted octanol–water partition coefficient (Wildman–Crippen LogP) is 1.62. The first-order chi connectivity index (χ1) is 9.45. The Bertz CT molecular complexity index is 579. The van der Waals surface area contributed by atoms with Gasteiger partial charge in [0.1, 0.15) is 12.4 Å². The monoisotopic (exact) mass is 296 g/mol. The van der Waals surface area contributed by atoms with Crippen LogP contribution in [0.4, 0.5) is 0 Å². The lowest BCUT2D eigenvalue weighted by atomic mass is 10.2. The molecule has 0 atom stereocenters. The maximum atomic E-state index is 11.6. The lowest BCUT2D eigenvalue weighted by molar-refractivity contribution is 0.305. The van der Waals surface area contributed by atoms with Gasteiger partial charge < -0.3 is 9.84 Å². The van der Waals surface area contributed by atoms with Crippen molar-refractivity contribution in [3.63, 3.8) is 0 Å². The SMILES string of the molecule is CC(C)S(=O)(=O)CCOc1cccc(C#CCCO)c1. The molecule has 0 bridgehead atoms. The van der Waals surface area contributed by atoms with Crippen LogP contribution in [0.3, 0.4) is 0 Å². The zero-order valence-electron chi connectivity index (χ0n) is 11.8. The number of aliphatic hydroxyl groups is 1. The highest BCUT2D eigenvalue weighted by Crippen LogP contribution is 2.13. The van der Waals surface area contributed by atoms with Crippen molar-refractivity contribution in [2.75, 3.05) is 19.0 Å². The fraction of sp³-hybridized carbons (Fsp3) is 0.467. The summed E-state index contributed by atoms with van der Waals surface area (Å²) in [4.78, 5) is 0. The van der Waals surface area contributed by atoms with E-state index in [9.17, 15) is 8.42 Å². The molecular weight excluding hydrogens is 276 g/mol. The van der Waals surface area contributed by atoms with Crippen molar-refractivity contribution in [2.45, 2.75) is 25.5 Å². The van der Waals surface area contributed by atoms with Crippen LogP contribution in [-0.4, -0.2) is 37.7 Å². The van der Waals surface area contributed by atoms with Gasteiger partial charge in [-0.2, -0.15) is 0 Å². The van der Waals surface area contributed by atoms with Crippen molar-refractivity contribution in [1.82, 2.24) is 0 Å². The molecule has 0 unspecified atom stereocenters. The Morgan fingerprint density at radius 2 is 2.10 bits per heavy atom. The molecule has 1 N–H and O–H groups in total. The largest absolute Gasteiger partial charge is 0.492 e. The topological polar surface area (TPSA) is 63.6 Å². The zero-order chi connectivity index (χ0) is 15.0. The van der Waals surface area contributed by atoms with Gasteiger partial charge in [0.15, 0.2) is 9.84 Å². The second kappa shape index (κ2) is 7.93. The molecule has 1 aromatic carbocycles. The van der Waals surface area contributed by atoms with Crippen LogP contribution >= 0.6 is 0 Å². The molecule has 0 fully saturated rings. The Labute approximate surface area is 120 Å². The van der Waals surface area contributed by atoms with Crippen molar-refractivity contribution < 1.29 is 18.3 Å². The number of rotatable bonds is 6. The Morgan fingerprint density at radius 1 is 1.35 bits per heavy atom. The molecule has 1 rings (SSSR count). The van der Waals surface area contributed by atoms with Crippen LogP contribution < -0.4 is 4.74 Å². The average Bonchev–Trinajstić information content (AvgIpc) is 2.39. The third-order valence-electron chi connectivity index (χ3n) is 2.66. The zero-order valence-corrected chi connectivity index (χ0v) is 12.6. The van der Waals surface area contributed by atoms with E-state index >= 15 is 0 Å². The quantitative estimate of drug-likeness (QED) is 0.810. The normalized spacial score (nSPS) is 11.0. The molecule has 0 heterocycles. The smallest absolute Gasteiger partial charge is 0.155 e. The van der Waals surface area contributed by atoms with Gasteiger partial charge in [-0.25, -0.2) is 8.42 Å². The van der Waals surface area contributed by atoms with E-state index in [0.717, 1.165) is 5.56 Å². The molecule has 1 aromatic rings. The molecule has 0 aromatic heterocycles. The third-order valence-corrected chi connectivity index (χ3v) is 4.83. The number of hydrogen-bond acceptors (Lipinski definition) is 4. The molecule has 0 aliphatic carbocycles. The van der Waals surface area contributed by atoms with Gasteiger partial charge in [0.2, 0.25) is 0 Å². The molecule has 0 saturated heterocycles. The minimum Gasteiger partial charge on any atom is -0.492 e. The van der Waals surface area contributed by atoms with E-state index < -0.39 is 9.84 Å². The molecule has 4 nitrogen and oxygen atoms in total. The van der Waals surface area contributed by atoms with Crippen LogP contribution in [0.2, 0.25) is 0 Å². The molecule has 0 aliphatic rings. The van der Waals surface area contributed by atoms with Crippen LogP contribution in [0.5, 0.6) is 5.75 Å². The molecule has 20 heavy (non-hydrogen) atoms. The van der Waals surface area contributed by atoms with E-state index in [1.54, 1.807) is 32.0 Å². The van der Waals surface area contributed by atoms with Gasteiger partial charge >= 0.3 is 0 Å². The maximum Gasteiger partial charge on any atom is 0.155 e. The van der Waals surface area contributed by atoms with E-state index in [4.69, 9.17) is 9.84 Å². The molecular formula is C15H20O4S. The minimum absolute atomic E-state index is 0.00504. The number of benzene rings is 1. The van der Waals surface area contributed by atoms with E-state index in [-0.39, 0.29) is 24.2 Å². The summed E-state index contributed by atoms with van der Waals surface area (Å²) in [6, 6.07) is 7.16. The lowest BCUT2D eigenvalue weighted by Crippen LogP contribution is -2.22. The number of aliphatic hydroxyl groups excluding tert-OH is 1. The summed E-state index contributed by atoms with van der Waals surface area (Å²) in [5.74, 6) is 6.33. The summed E-state index contributed by atoms with van der Waals surface area (Å²) in [7, 11) is -3.08. The Morgan fingerprint density at radius 3 is 2.75 bits per heavy atom. The number of sulfone groups is 1. The first-order valence-corrected chi connectivity index (χ1v) is 8.21. The van der Waals surface area contributed by atoms with Crippen molar-refractivity contribution in [3.8, 4) is 17.6 Å². The minimum atomic E-state index is -3.08. The summed E-state index contributed by atoms with van der Waals surface area (Å²) in [6.07, 6.45) is 0.428. The highest BCUT2D eigenvalue weighted by Gasteiger charge is 2.15. The van der Waals surface area contributed by atoms with Gasteiger partial charge in [-0.05, 0) is 32.0 Å². The molecule has 0 amide bonds. The highest BCUT2D eigenvalue weighted by molar-refractivity contribution is 7.91. The fourth-order valence-electron chi connectivity index (χ4n) is 1.40. The molecule has 0 aliphatic heterocycles. The van der Waals surface area contributed by atoms with E-state index in [1.165, 1.54) is 0 Å². The summed E-state index contributed by atoms with van der Waals surface area (Å²) < 4.78 is 28.7. The van der Waals surface area contributed by atoms with Crippen LogP contribution in [-0.2, 0) is 9.84 Å². The Balaban J connectivity index is 2.58. The summed E-state index contributed by atoms with van der Waals surface area (Å²) in [5, 5.41) is 8.26. The average molecular weight is 296 g/mol. The first-order valence-electron chi connectivity index (χ1n) is 6.50. The Hall–Kier alpha value is -1.51. The summed E-state index contributed by atoms with van der Waals surface area (Å²) in [6.45, 7) is 3.49. The van der Waals surface area contributed by atoms with Crippen molar-refractivity contribution in [2.24, 2.45) is 0 Å². The predicted molar refractivity (Wildman–Crippen MR) is 79.4 cm³/mol. The van der Waals surface area contributed by atoms with Gasteiger partial charge in [-0.15, -0.1) is 0 Å². The lowest BCUT2D eigenvalue weighted by Gasteiger charge is -2.09. The highest BCUT2D eigenvalue weighted by atomic mass is 32.2. The molecule has 0 radical (unpaired) electrons. The summed E-state index contributed by atoms with van der Waals surface area (Å²) >= 11 is 0. The molecule has 0 spiro atoms. The van der Waals surface area contributed by atoms with Gasteiger partial charge in [0.05, 0.1) is 17.6 Å². The third kappa shape index (κ3) is 5.64. The van der Waals surface area contributed by atoms with E-state index in [1.807, 2.05) is 6.07 Å². The second-order valence-corrected chi connectivity index (χ2v) is 7.24. The van der Waals surface area contributed by atoms with E-state index in [2.05, 4.69) is 11.8 Å². The van der Waals surface area contributed by atoms with Gasteiger partial charge in [0, 0.05) is 12.0 Å². The van der Waals surface area contributed by atoms with Gasteiger partial charge in [0.25, 0.3) is 0 Å². The fourth-order valence-corrected chi connectivity index (χ4v) is 2.18. The number of ether oxygens (including phenoxy) is 1. The Kier molecular flexibility index (Phi) is 6.56. The molecule has 110 valence electrons. The van der Waals surface area contributed by atoms with Crippen LogP contribution in [0.15, 0.2) is 24.3 Å². The van der Waals surface area contributed by atoms with Gasteiger partial charge in [-0.1, -0.05) is 17.9 Å². The standard InChI is InChI=1S/C15H20O4S/c1-13(2)20(17,18)11-10-19-15-8-5-7-14(12-15)6-3-4-9-16/h5,7-8,12-13,16H,4,9-11H2,1-2H3. The van der Waals surface area contributed by atoms with Crippen molar-refractivity contribution in [3.05, 3.63) is 29.8 Å². The van der Waals surface area contributed by atoms with Crippen LogP contribution in [0, 0.1) is 11.8 Å². The molecule has 0 saturated carbocycles. The second-order valence-electron chi connectivity index (χ2n) is 4.57. The number of hydrogen-bond donors (Lipinski definition) is 1. The first kappa shape index (κ1) is 16.5. The van der Waals surface area contributed by atoms with Crippen LogP contribution in [0.1, 0.15) is 25.8 Å². The van der Waals surface area contributed by atoms with Crippen molar-refractivity contribution >= 4 is 9.84 Å². The molecule has 5 heteroatoms. The maximum absolute atomic E-state index is 11.6. The van der Waals surface area contributed by atoms with E-state index in [0.29, 0.717) is 12.2 Å². The summed E-state index contributed by atoms with van der Waals surface area (Å²) in [5.41, 5.74) is 0.780. The van der Waals surface area contributed by atoms with Gasteiger partial charge in [-0.3, -0.25) is 0 Å².